The number of benzene rings is 1. The number of phenols is 2. The third-order valence-corrected chi connectivity index (χ3v) is 3.48. The van der Waals surface area contributed by atoms with Crippen molar-refractivity contribution in [2.24, 2.45) is 11.3 Å². The Morgan fingerprint density at radius 2 is 2.00 bits per heavy atom. The molecule has 0 saturated heterocycles. The average molecular weight is 221 g/mol. The van der Waals surface area contributed by atoms with Crippen LogP contribution in [0.1, 0.15) is 25.8 Å². The molecule has 1 aromatic rings. The predicted octanol–water partition coefficient (Wildman–Crippen LogP) is 2.23. The molecule has 0 bridgehead atoms. The Hall–Kier alpha value is -1.22. The van der Waals surface area contributed by atoms with Crippen molar-refractivity contribution in [3.05, 3.63) is 23.8 Å². The highest BCUT2D eigenvalue weighted by molar-refractivity contribution is 5.40. The fourth-order valence-electron chi connectivity index (χ4n) is 1.99. The molecule has 1 aliphatic rings. The molecule has 3 nitrogen and oxygen atoms in total. The molecule has 0 heterocycles. The van der Waals surface area contributed by atoms with Gasteiger partial charge in [-0.3, -0.25) is 0 Å². The molecule has 2 rings (SSSR count). The van der Waals surface area contributed by atoms with Crippen LogP contribution in [-0.2, 0) is 6.54 Å². The molecule has 88 valence electrons. The van der Waals surface area contributed by atoms with Gasteiger partial charge in [-0.25, -0.2) is 0 Å². The summed E-state index contributed by atoms with van der Waals surface area (Å²) in [5.74, 6) is 0.663. The van der Waals surface area contributed by atoms with Crippen molar-refractivity contribution in [3.63, 3.8) is 0 Å². The van der Waals surface area contributed by atoms with E-state index in [1.54, 1.807) is 6.07 Å². The van der Waals surface area contributed by atoms with Crippen molar-refractivity contribution in [3.8, 4) is 11.5 Å². The van der Waals surface area contributed by atoms with E-state index >= 15 is 0 Å². The monoisotopic (exact) mass is 221 g/mol. The maximum absolute atomic E-state index is 9.33. The molecule has 1 atom stereocenters. The highest BCUT2D eigenvalue weighted by Gasteiger charge is 2.44. The van der Waals surface area contributed by atoms with Gasteiger partial charge in [0.2, 0.25) is 0 Å². The first kappa shape index (κ1) is 11.3. The summed E-state index contributed by atoms with van der Waals surface area (Å²) in [6.07, 6.45) is 1.29. The lowest BCUT2D eigenvalue weighted by Crippen LogP contribution is -2.17. The molecule has 3 heteroatoms. The van der Waals surface area contributed by atoms with E-state index < -0.39 is 0 Å². The van der Waals surface area contributed by atoms with Gasteiger partial charge < -0.3 is 15.5 Å². The average Bonchev–Trinajstić information content (AvgIpc) is 2.80. The number of hydrogen-bond acceptors (Lipinski definition) is 3. The third kappa shape index (κ3) is 2.47. The van der Waals surface area contributed by atoms with Gasteiger partial charge in [-0.15, -0.1) is 0 Å². The molecule has 0 spiro atoms. The van der Waals surface area contributed by atoms with E-state index in [1.807, 2.05) is 6.07 Å². The SMILES string of the molecule is CC1(C)CC1CNCc1ccc(O)c(O)c1. The lowest BCUT2D eigenvalue weighted by Gasteiger charge is -2.07. The zero-order chi connectivity index (χ0) is 11.8. The summed E-state index contributed by atoms with van der Waals surface area (Å²) < 4.78 is 0. The van der Waals surface area contributed by atoms with Crippen molar-refractivity contribution >= 4 is 0 Å². The second-order valence-electron chi connectivity index (χ2n) is 5.34. The van der Waals surface area contributed by atoms with Gasteiger partial charge in [0.05, 0.1) is 0 Å². The predicted molar refractivity (Wildman–Crippen MR) is 63.4 cm³/mol. The van der Waals surface area contributed by atoms with Crippen LogP contribution in [0, 0.1) is 11.3 Å². The van der Waals surface area contributed by atoms with Crippen LogP contribution in [0.5, 0.6) is 11.5 Å². The number of phenolic OH excluding ortho intramolecular Hbond substituents is 2. The largest absolute Gasteiger partial charge is 0.504 e. The second-order valence-corrected chi connectivity index (χ2v) is 5.34. The Morgan fingerprint density at radius 3 is 2.56 bits per heavy atom. The van der Waals surface area contributed by atoms with Crippen LogP contribution >= 0.6 is 0 Å². The van der Waals surface area contributed by atoms with Gasteiger partial charge in [0.1, 0.15) is 0 Å². The summed E-state index contributed by atoms with van der Waals surface area (Å²) in [5, 5.41) is 21.9. The van der Waals surface area contributed by atoms with Crippen LogP contribution in [-0.4, -0.2) is 16.8 Å². The molecule has 0 amide bonds. The molecule has 0 aliphatic heterocycles. The van der Waals surface area contributed by atoms with Gasteiger partial charge in [-0.05, 0) is 42.0 Å². The zero-order valence-electron chi connectivity index (χ0n) is 9.83. The van der Waals surface area contributed by atoms with Crippen LogP contribution in [0.15, 0.2) is 18.2 Å². The van der Waals surface area contributed by atoms with E-state index in [-0.39, 0.29) is 11.5 Å². The lowest BCUT2D eigenvalue weighted by atomic mass is 10.1. The molecule has 0 aromatic heterocycles. The smallest absolute Gasteiger partial charge is 0.157 e. The fourth-order valence-corrected chi connectivity index (χ4v) is 1.99. The van der Waals surface area contributed by atoms with Crippen molar-refractivity contribution in [1.82, 2.24) is 5.32 Å². The van der Waals surface area contributed by atoms with E-state index in [0.717, 1.165) is 24.6 Å². The molecule has 1 fully saturated rings. The molecule has 16 heavy (non-hydrogen) atoms. The normalized spacial score (nSPS) is 22.0. The van der Waals surface area contributed by atoms with Crippen LogP contribution < -0.4 is 5.32 Å². The molecule has 3 N–H and O–H groups in total. The van der Waals surface area contributed by atoms with Crippen LogP contribution in [0.25, 0.3) is 0 Å². The van der Waals surface area contributed by atoms with Gasteiger partial charge >= 0.3 is 0 Å². The van der Waals surface area contributed by atoms with Gasteiger partial charge in [-0.1, -0.05) is 19.9 Å². The first-order chi connectivity index (χ1) is 7.49. The first-order valence-corrected chi connectivity index (χ1v) is 5.70. The second kappa shape index (κ2) is 3.98. The Kier molecular flexibility index (Phi) is 2.80. The van der Waals surface area contributed by atoms with E-state index in [0.29, 0.717) is 5.41 Å². The molecule has 1 aliphatic carbocycles. The van der Waals surface area contributed by atoms with E-state index in [4.69, 9.17) is 5.11 Å². The number of aromatic hydroxyl groups is 2. The van der Waals surface area contributed by atoms with Gasteiger partial charge in [0, 0.05) is 6.54 Å². The summed E-state index contributed by atoms with van der Waals surface area (Å²) in [6.45, 7) is 6.33. The molecule has 1 aromatic carbocycles. The van der Waals surface area contributed by atoms with Crippen molar-refractivity contribution < 1.29 is 10.2 Å². The molecular formula is C13H19NO2. The van der Waals surface area contributed by atoms with Crippen molar-refractivity contribution in [1.29, 1.82) is 0 Å². The zero-order valence-corrected chi connectivity index (χ0v) is 9.83. The Balaban J connectivity index is 1.79. The minimum atomic E-state index is -0.0629. The summed E-state index contributed by atoms with van der Waals surface area (Å²) in [7, 11) is 0. The fraction of sp³-hybridized carbons (Fsp3) is 0.538. The minimum Gasteiger partial charge on any atom is -0.504 e. The number of hydrogen-bond donors (Lipinski definition) is 3. The first-order valence-electron chi connectivity index (χ1n) is 5.70. The topological polar surface area (TPSA) is 52.5 Å². The Bertz CT molecular complexity index is 388. The Morgan fingerprint density at radius 1 is 1.31 bits per heavy atom. The highest BCUT2D eigenvalue weighted by atomic mass is 16.3. The van der Waals surface area contributed by atoms with Crippen molar-refractivity contribution in [2.45, 2.75) is 26.8 Å². The molecule has 1 unspecified atom stereocenters. The standard InChI is InChI=1S/C13H19NO2/c1-13(2)6-10(13)8-14-7-9-3-4-11(15)12(16)5-9/h3-5,10,14-16H,6-8H2,1-2H3. The maximum atomic E-state index is 9.33. The maximum Gasteiger partial charge on any atom is 0.157 e. The Labute approximate surface area is 96.1 Å². The van der Waals surface area contributed by atoms with E-state index in [1.165, 1.54) is 12.5 Å². The minimum absolute atomic E-state index is 0.0500. The van der Waals surface area contributed by atoms with Crippen LogP contribution in [0.3, 0.4) is 0 Å². The van der Waals surface area contributed by atoms with E-state index in [2.05, 4.69) is 19.2 Å². The number of nitrogens with one attached hydrogen (secondary N) is 1. The van der Waals surface area contributed by atoms with Crippen LogP contribution in [0.4, 0.5) is 0 Å². The summed E-state index contributed by atoms with van der Waals surface area (Å²) in [4.78, 5) is 0. The van der Waals surface area contributed by atoms with Gasteiger partial charge in [-0.2, -0.15) is 0 Å². The lowest BCUT2D eigenvalue weighted by molar-refractivity contribution is 0.403. The quantitative estimate of drug-likeness (QED) is 0.683. The highest BCUT2D eigenvalue weighted by Crippen LogP contribution is 2.50. The summed E-state index contributed by atoms with van der Waals surface area (Å²) in [6, 6.07) is 4.94. The van der Waals surface area contributed by atoms with Gasteiger partial charge in [0.15, 0.2) is 11.5 Å². The summed E-state index contributed by atoms with van der Waals surface area (Å²) in [5.41, 5.74) is 1.50. The third-order valence-electron chi connectivity index (χ3n) is 3.48. The van der Waals surface area contributed by atoms with E-state index in [9.17, 15) is 5.11 Å². The molecule has 1 saturated carbocycles. The summed E-state index contributed by atoms with van der Waals surface area (Å²) >= 11 is 0. The number of rotatable bonds is 4. The van der Waals surface area contributed by atoms with Crippen molar-refractivity contribution in [2.75, 3.05) is 6.54 Å². The molecular weight excluding hydrogens is 202 g/mol. The molecule has 0 radical (unpaired) electrons. The van der Waals surface area contributed by atoms with Crippen LogP contribution in [0.2, 0.25) is 0 Å². The van der Waals surface area contributed by atoms with Gasteiger partial charge in [0.25, 0.3) is 0 Å².